The van der Waals surface area contributed by atoms with Gasteiger partial charge in [0.25, 0.3) is 0 Å². The number of nitrogens with two attached hydrogens (primary N) is 1. The van der Waals surface area contributed by atoms with Crippen molar-refractivity contribution in [2.24, 2.45) is 5.73 Å². The number of halogens is 4. The molecule has 0 aliphatic rings. The Morgan fingerprint density at radius 1 is 1.22 bits per heavy atom. The van der Waals surface area contributed by atoms with Crippen molar-refractivity contribution in [1.82, 2.24) is 0 Å². The van der Waals surface area contributed by atoms with Gasteiger partial charge in [0.05, 0.1) is 0 Å². The van der Waals surface area contributed by atoms with Crippen LogP contribution in [0.1, 0.15) is 5.56 Å². The van der Waals surface area contributed by atoms with E-state index >= 15 is 0 Å². The van der Waals surface area contributed by atoms with Crippen LogP contribution in [0.2, 0.25) is 0 Å². The molecule has 0 aromatic heterocycles. The van der Waals surface area contributed by atoms with Crippen LogP contribution in [-0.4, -0.2) is 28.2 Å². The van der Waals surface area contributed by atoms with Gasteiger partial charge in [0.15, 0.2) is 0 Å². The minimum absolute atomic E-state index is 0. The largest absolute Gasteiger partial charge is 0.508 e. The maximum absolute atomic E-state index is 10.6. The molecule has 102 valence electrons. The van der Waals surface area contributed by atoms with Crippen molar-refractivity contribution in [2.45, 2.75) is 6.18 Å². The normalized spacial score (nSPS) is 9.50. The van der Waals surface area contributed by atoms with E-state index in [4.69, 9.17) is 26.2 Å². The molecule has 0 spiro atoms. The van der Waals surface area contributed by atoms with Gasteiger partial charge in [0.2, 0.25) is 0 Å². The zero-order valence-corrected chi connectivity index (χ0v) is 9.55. The van der Waals surface area contributed by atoms with Gasteiger partial charge in [-0.2, -0.15) is 13.2 Å². The summed E-state index contributed by atoms with van der Waals surface area (Å²) in [5.41, 5.74) is 5.79. The van der Waals surface area contributed by atoms with Crippen LogP contribution in [0.25, 0.3) is 0 Å². The molecule has 1 aromatic carbocycles. The molecule has 0 heterocycles. The Balaban J connectivity index is 0. The Kier molecular flexibility index (Phi) is 7.55. The van der Waals surface area contributed by atoms with Crippen molar-refractivity contribution < 1.29 is 28.2 Å². The summed E-state index contributed by atoms with van der Waals surface area (Å²) in [6, 6.07) is 6.18. The zero-order valence-electron chi connectivity index (χ0n) is 8.73. The first-order chi connectivity index (χ1) is 7.64. The summed E-state index contributed by atoms with van der Waals surface area (Å²) in [6.07, 6.45) is -5.08. The number of carbonyl (C=O) groups is 1. The highest BCUT2D eigenvalue weighted by Crippen LogP contribution is 2.13. The average molecular weight is 287 g/mol. The van der Waals surface area contributed by atoms with Gasteiger partial charge in [-0.25, -0.2) is 4.79 Å². The number of hydrogen-bond donors (Lipinski definition) is 4. The predicted octanol–water partition coefficient (Wildman–Crippen LogP) is 1.73. The maximum Gasteiger partial charge on any atom is 0.490 e. The van der Waals surface area contributed by atoms with Crippen LogP contribution in [0.3, 0.4) is 0 Å². The van der Waals surface area contributed by atoms with Crippen molar-refractivity contribution in [1.29, 1.82) is 5.41 Å². The fraction of sp³-hybridized carbons (Fsp3) is 0.111. The topological polar surface area (TPSA) is 107 Å². The van der Waals surface area contributed by atoms with Crippen LogP contribution in [0.4, 0.5) is 13.2 Å². The predicted molar refractivity (Wildman–Crippen MR) is 60.1 cm³/mol. The minimum Gasteiger partial charge on any atom is -0.508 e. The van der Waals surface area contributed by atoms with E-state index in [-0.39, 0.29) is 24.0 Å². The zero-order chi connectivity index (χ0) is 13.6. The summed E-state index contributed by atoms with van der Waals surface area (Å²) in [6.45, 7) is 0. The van der Waals surface area contributed by atoms with Gasteiger partial charge in [0.1, 0.15) is 11.6 Å². The molecular weight excluding hydrogens is 277 g/mol. The third-order valence-corrected chi connectivity index (χ3v) is 1.42. The second kappa shape index (κ2) is 7.38. The highest BCUT2D eigenvalue weighted by Gasteiger charge is 2.38. The molecule has 0 aliphatic heterocycles. The quantitative estimate of drug-likeness (QED) is 0.466. The summed E-state index contributed by atoms with van der Waals surface area (Å²) in [7, 11) is 0. The number of amidine groups is 1. The van der Waals surface area contributed by atoms with E-state index in [1.54, 1.807) is 12.1 Å². The Labute approximate surface area is 106 Å². The molecule has 0 unspecified atom stereocenters. The first-order valence-electron chi connectivity index (χ1n) is 4.08. The molecule has 0 atom stereocenters. The van der Waals surface area contributed by atoms with E-state index < -0.39 is 12.1 Å². The average Bonchev–Trinajstić information content (AvgIpc) is 2.17. The Bertz CT molecular complexity index is 407. The number of phenolic OH excluding ortho intramolecular Hbond substituents is 1. The summed E-state index contributed by atoms with van der Waals surface area (Å²) in [5.74, 6) is -2.56. The summed E-state index contributed by atoms with van der Waals surface area (Å²) >= 11 is 0. The van der Waals surface area contributed by atoms with E-state index in [9.17, 15) is 13.2 Å². The summed E-state index contributed by atoms with van der Waals surface area (Å²) in [4.78, 5) is 8.90. The van der Waals surface area contributed by atoms with Crippen molar-refractivity contribution >= 4 is 24.2 Å². The standard InChI is InChI=1S/C7H8N2O.C2HF3O2.ClH/c8-7(9)5-1-3-6(10)4-2-5;3-2(4,5)1(6)7;/h1-4,10H,(H3,8,9);(H,6,7);1H. The molecule has 1 rings (SSSR count). The van der Waals surface area contributed by atoms with Crippen molar-refractivity contribution in [3.8, 4) is 5.75 Å². The molecule has 0 bridgehead atoms. The first kappa shape index (κ1) is 18.4. The van der Waals surface area contributed by atoms with E-state index in [0.29, 0.717) is 5.56 Å². The fourth-order valence-electron chi connectivity index (χ4n) is 0.641. The molecular formula is C9H10ClF3N2O3. The third-order valence-electron chi connectivity index (χ3n) is 1.42. The van der Waals surface area contributed by atoms with Crippen LogP contribution in [0.5, 0.6) is 5.75 Å². The second-order valence-electron chi connectivity index (χ2n) is 2.76. The number of carboxylic acid groups (broad SMARTS) is 1. The van der Waals surface area contributed by atoms with Crippen molar-refractivity contribution in [3.05, 3.63) is 29.8 Å². The molecule has 0 amide bonds. The van der Waals surface area contributed by atoms with Gasteiger partial charge in [-0.05, 0) is 24.3 Å². The maximum atomic E-state index is 10.6. The van der Waals surface area contributed by atoms with Gasteiger partial charge in [-0.1, -0.05) is 0 Å². The number of nitrogen functional groups attached to an aromatic ring is 1. The van der Waals surface area contributed by atoms with Gasteiger partial charge >= 0.3 is 12.1 Å². The number of nitrogens with one attached hydrogen (secondary N) is 1. The van der Waals surface area contributed by atoms with Crippen LogP contribution in [0, 0.1) is 5.41 Å². The summed E-state index contributed by atoms with van der Waals surface area (Å²) in [5, 5.41) is 23.0. The first-order valence-corrected chi connectivity index (χ1v) is 4.08. The number of aromatic hydroxyl groups is 1. The lowest BCUT2D eigenvalue weighted by Crippen LogP contribution is -2.21. The number of phenols is 1. The second-order valence-corrected chi connectivity index (χ2v) is 2.76. The molecule has 0 saturated heterocycles. The molecule has 0 saturated carbocycles. The van der Waals surface area contributed by atoms with E-state index in [0.717, 1.165) is 0 Å². The molecule has 5 nitrogen and oxygen atoms in total. The van der Waals surface area contributed by atoms with Crippen LogP contribution < -0.4 is 5.73 Å². The lowest BCUT2D eigenvalue weighted by molar-refractivity contribution is -0.192. The number of alkyl halides is 3. The Morgan fingerprint density at radius 3 is 1.78 bits per heavy atom. The monoisotopic (exact) mass is 286 g/mol. The number of carboxylic acids is 1. The molecule has 1 aromatic rings. The molecule has 5 N–H and O–H groups in total. The SMILES string of the molecule is Cl.N=C(N)c1ccc(O)cc1.O=C(O)C(F)(F)F. The highest BCUT2D eigenvalue weighted by molar-refractivity contribution is 5.94. The Hall–Kier alpha value is -1.96. The molecule has 9 heteroatoms. The lowest BCUT2D eigenvalue weighted by atomic mass is 10.2. The van der Waals surface area contributed by atoms with Crippen LogP contribution >= 0.6 is 12.4 Å². The van der Waals surface area contributed by atoms with E-state index in [2.05, 4.69) is 0 Å². The lowest BCUT2D eigenvalue weighted by Gasteiger charge is -1.95. The number of rotatable bonds is 1. The Morgan fingerprint density at radius 2 is 1.56 bits per heavy atom. The summed E-state index contributed by atoms with van der Waals surface area (Å²) < 4.78 is 31.7. The van der Waals surface area contributed by atoms with E-state index in [1.807, 2.05) is 0 Å². The van der Waals surface area contributed by atoms with Gasteiger partial charge in [-0.3, -0.25) is 5.41 Å². The smallest absolute Gasteiger partial charge is 0.490 e. The van der Waals surface area contributed by atoms with Gasteiger partial charge in [0, 0.05) is 5.56 Å². The minimum atomic E-state index is -5.08. The fourth-order valence-corrected chi connectivity index (χ4v) is 0.641. The molecule has 0 radical (unpaired) electrons. The van der Waals surface area contributed by atoms with Crippen LogP contribution in [-0.2, 0) is 4.79 Å². The number of hydrogen-bond acceptors (Lipinski definition) is 3. The number of aliphatic carboxylic acids is 1. The van der Waals surface area contributed by atoms with Crippen molar-refractivity contribution in [2.75, 3.05) is 0 Å². The third kappa shape index (κ3) is 7.34. The molecule has 18 heavy (non-hydrogen) atoms. The number of benzene rings is 1. The van der Waals surface area contributed by atoms with E-state index in [1.165, 1.54) is 12.1 Å². The van der Waals surface area contributed by atoms with Crippen LogP contribution in [0.15, 0.2) is 24.3 Å². The molecule has 0 aliphatic carbocycles. The van der Waals surface area contributed by atoms with Crippen molar-refractivity contribution in [3.63, 3.8) is 0 Å². The molecule has 0 fully saturated rings. The van der Waals surface area contributed by atoms with Gasteiger partial charge < -0.3 is 15.9 Å². The van der Waals surface area contributed by atoms with Gasteiger partial charge in [-0.15, -0.1) is 12.4 Å². The highest BCUT2D eigenvalue weighted by atomic mass is 35.5.